The molecule has 1 aromatic heterocycles. The molecule has 0 atom stereocenters. The predicted molar refractivity (Wildman–Crippen MR) is 70.0 cm³/mol. The van der Waals surface area contributed by atoms with Gasteiger partial charge >= 0.3 is 0 Å². The van der Waals surface area contributed by atoms with Gasteiger partial charge in [0, 0.05) is 35.1 Å². The molecule has 0 unspecified atom stereocenters. The second kappa shape index (κ2) is 5.23. The summed E-state index contributed by atoms with van der Waals surface area (Å²) in [5.41, 5.74) is 6.23. The summed E-state index contributed by atoms with van der Waals surface area (Å²) in [4.78, 5) is 10.6. The van der Waals surface area contributed by atoms with Crippen molar-refractivity contribution in [2.75, 3.05) is 0 Å². The van der Waals surface area contributed by atoms with Crippen molar-refractivity contribution in [2.24, 2.45) is 5.73 Å². The molecule has 0 fully saturated rings. The van der Waals surface area contributed by atoms with Crippen LogP contribution in [0.4, 0.5) is 0 Å². The summed E-state index contributed by atoms with van der Waals surface area (Å²) >= 11 is 6.10. The topological polar surface area (TPSA) is 48.0 Å². The van der Waals surface area contributed by atoms with Gasteiger partial charge in [0.05, 0.1) is 0 Å². The summed E-state index contributed by atoms with van der Waals surface area (Å²) in [5.74, 6) is -0.231. The summed E-state index contributed by atoms with van der Waals surface area (Å²) in [6.07, 6.45) is 4.26. The Bertz CT molecular complexity index is 533. The van der Waals surface area contributed by atoms with E-state index >= 15 is 0 Å². The van der Waals surface area contributed by atoms with Crippen LogP contribution in [0.15, 0.2) is 30.5 Å². The highest BCUT2D eigenvalue weighted by atomic mass is 35.5. The maximum atomic E-state index is 10.6. The number of halogens is 1. The minimum atomic E-state index is -0.231. The van der Waals surface area contributed by atoms with Crippen LogP contribution in [0.5, 0.6) is 0 Å². The first-order chi connectivity index (χ1) is 8.18. The van der Waals surface area contributed by atoms with E-state index in [-0.39, 0.29) is 5.91 Å². The molecule has 0 radical (unpaired) electrons. The Morgan fingerprint density at radius 2 is 2.12 bits per heavy atom. The molecule has 0 spiro atoms. The number of aromatic nitrogens is 1. The van der Waals surface area contributed by atoms with E-state index in [1.807, 2.05) is 24.4 Å². The zero-order valence-electron chi connectivity index (χ0n) is 9.53. The van der Waals surface area contributed by atoms with Gasteiger partial charge in [0.15, 0.2) is 0 Å². The molecule has 1 aromatic carbocycles. The summed E-state index contributed by atoms with van der Waals surface area (Å²) in [5, 5.41) is 1.85. The van der Waals surface area contributed by atoms with Crippen LogP contribution in [0.25, 0.3) is 10.9 Å². The summed E-state index contributed by atoms with van der Waals surface area (Å²) in [7, 11) is 0. The van der Waals surface area contributed by atoms with Crippen molar-refractivity contribution in [3.05, 3.63) is 35.5 Å². The van der Waals surface area contributed by atoms with Gasteiger partial charge in [-0.2, -0.15) is 0 Å². The lowest BCUT2D eigenvalue weighted by atomic mass is 10.2. The molecule has 0 aliphatic heterocycles. The maximum absolute atomic E-state index is 10.6. The second-order valence-corrected chi connectivity index (χ2v) is 4.51. The first-order valence-corrected chi connectivity index (χ1v) is 6.08. The van der Waals surface area contributed by atoms with Gasteiger partial charge in [-0.3, -0.25) is 4.79 Å². The van der Waals surface area contributed by atoms with Crippen molar-refractivity contribution in [1.29, 1.82) is 0 Å². The van der Waals surface area contributed by atoms with E-state index in [2.05, 4.69) is 10.6 Å². The second-order valence-electron chi connectivity index (χ2n) is 4.11. The number of hydrogen-bond donors (Lipinski definition) is 1. The number of hydrogen-bond acceptors (Lipinski definition) is 1. The van der Waals surface area contributed by atoms with Crippen LogP contribution in [0, 0.1) is 0 Å². The third-order valence-electron chi connectivity index (χ3n) is 2.83. The van der Waals surface area contributed by atoms with E-state index in [9.17, 15) is 4.79 Å². The highest BCUT2D eigenvalue weighted by Crippen LogP contribution is 2.24. The number of carbonyl (C=O) groups is 1. The molecule has 3 nitrogen and oxygen atoms in total. The van der Waals surface area contributed by atoms with Crippen molar-refractivity contribution in [3.8, 4) is 0 Å². The van der Waals surface area contributed by atoms with E-state index < -0.39 is 0 Å². The van der Waals surface area contributed by atoms with Gasteiger partial charge in [-0.1, -0.05) is 17.7 Å². The molecule has 2 aromatic rings. The molecule has 2 rings (SSSR count). The van der Waals surface area contributed by atoms with Gasteiger partial charge in [-0.15, -0.1) is 0 Å². The van der Waals surface area contributed by atoms with Gasteiger partial charge in [0.1, 0.15) is 0 Å². The molecule has 0 saturated carbocycles. The zero-order chi connectivity index (χ0) is 12.3. The Morgan fingerprint density at radius 1 is 1.29 bits per heavy atom. The number of fused-ring (bicyclic) bond motifs is 1. The quantitative estimate of drug-likeness (QED) is 0.815. The first kappa shape index (κ1) is 12.0. The van der Waals surface area contributed by atoms with Crippen LogP contribution in [0.3, 0.4) is 0 Å². The van der Waals surface area contributed by atoms with Crippen molar-refractivity contribution >= 4 is 28.4 Å². The Balaban J connectivity index is 2.04. The standard InChI is InChI=1S/C13H15ClN2O/c14-11-4-3-5-12-10(11)7-9-16(12)8-2-1-6-13(15)17/h3-5,7,9H,1-2,6,8H2,(H2,15,17). The monoisotopic (exact) mass is 250 g/mol. The molecular weight excluding hydrogens is 236 g/mol. The summed E-state index contributed by atoms with van der Waals surface area (Å²) in [6.45, 7) is 0.886. The smallest absolute Gasteiger partial charge is 0.217 e. The van der Waals surface area contributed by atoms with Gasteiger partial charge in [-0.25, -0.2) is 0 Å². The van der Waals surface area contributed by atoms with Crippen LogP contribution < -0.4 is 5.73 Å². The Labute approximate surface area is 105 Å². The number of aryl methyl sites for hydroxylation is 1. The molecule has 1 amide bonds. The van der Waals surface area contributed by atoms with Crippen molar-refractivity contribution in [2.45, 2.75) is 25.8 Å². The lowest BCUT2D eigenvalue weighted by molar-refractivity contribution is -0.118. The normalized spacial score (nSPS) is 10.9. The molecule has 0 bridgehead atoms. The molecule has 0 aliphatic carbocycles. The van der Waals surface area contributed by atoms with E-state index in [0.717, 1.165) is 35.3 Å². The fourth-order valence-corrected chi connectivity index (χ4v) is 2.19. The highest BCUT2D eigenvalue weighted by Gasteiger charge is 2.03. The minimum absolute atomic E-state index is 0.231. The Hall–Kier alpha value is -1.48. The number of carbonyl (C=O) groups excluding carboxylic acids is 1. The fraction of sp³-hybridized carbons (Fsp3) is 0.308. The van der Waals surface area contributed by atoms with Gasteiger partial charge < -0.3 is 10.3 Å². The van der Waals surface area contributed by atoms with Crippen molar-refractivity contribution < 1.29 is 4.79 Å². The van der Waals surface area contributed by atoms with Gasteiger partial charge in [0.2, 0.25) is 5.91 Å². The number of nitrogens with two attached hydrogens (primary N) is 1. The van der Waals surface area contributed by atoms with Gasteiger partial charge in [-0.05, 0) is 31.0 Å². The Morgan fingerprint density at radius 3 is 2.88 bits per heavy atom. The van der Waals surface area contributed by atoms with Crippen molar-refractivity contribution in [3.63, 3.8) is 0 Å². The first-order valence-electron chi connectivity index (χ1n) is 5.70. The summed E-state index contributed by atoms with van der Waals surface area (Å²) < 4.78 is 2.15. The average Bonchev–Trinajstić information content (AvgIpc) is 2.69. The van der Waals surface area contributed by atoms with Gasteiger partial charge in [0.25, 0.3) is 0 Å². The number of benzene rings is 1. The summed E-state index contributed by atoms with van der Waals surface area (Å²) in [6, 6.07) is 7.91. The number of primary amides is 1. The lowest BCUT2D eigenvalue weighted by Gasteiger charge is -2.05. The third-order valence-corrected chi connectivity index (χ3v) is 3.16. The largest absolute Gasteiger partial charge is 0.370 e. The van der Waals surface area contributed by atoms with E-state index in [1.54, 1.807) is 0 Å². The predicted octanol–water partition coefficient (Wildman–Crippen LogP) is 2.95. The number of amides is 1. The van der Waals surface area contributed by atoms with Crippen LogP contribution in [-0.2, 0) is 11.3 Å². The Kier molecular flexibility index (Phi) is 3.69. The maximum Gasteiger partial charge on any atom is 0.217 e. The van der Waals surface area contributed by atoms with Crippen LogP contribution in [-0.4, -0.2) is 10.5 Å². The van der Waals surface area contributed by atoms with Crippen molar-refractivity contribution in [1.82, 2.24) is 4.57 Å². The molecule has 0 aliphatic rings. The molecule has 90 valence electrons. The molecule has 1 heterocycles. The number of nitrogens with zero attached hydrogens (tertiary/aromatic N) is 1. The van der Waals surface area contributed by atoms with E-state index in [0.29, 0.717) is 6.42 Å². The third kappa shape index (κ3) is 2.80. The highest BCUT2D eigenvalue weighted by molar-refractivity contribution is 6.35. The van der Waals surface area contributed by atoms with Crippen LogP contribution in [0.1, 0.15) is 19.3 Å². The fourth-order valence-electron chi connectivity index (χ4n) is 1.96. The van der Waals surface area contributed by atoms with E-state index in [4.69, 9.17) is 17.3 Å². The lowest BCUT2D eigenvalue weighted by Crippen LogP contribution is -2.10. The number of rotatable bonds is 5. The van der Waals surface area contributed by atoms with Crippen LogP contribution >= 0.6 is 11.6 Å². The minimum Gasteiger partial charge on any atom is -0.370 e. The molecule has 2 N–H and O–H groups in total. The molecular formula is C13H15ClN2O. The number of unbranched alkanes of at least 4 members (excludes halogenated alkanes) is 1. The van der Waals surface area contributed by atoms with E-state index in [1.165, 1.54) is 0 Å². The molecule has 0 saturated heterocycles. The molecule has 17 heavy (non-hydrogen) atoms. The van der Waals surface area contributed by atoms with Crippen LogP contribution in [0.2, 0.25) is 5.02 Å². The SMILES string of the molecule is NC(=O)CCCCn1ccc2c(Cl)cccc21. The zero-order valence-corrected chi connectivity index (χ0v) is 10.3. The molecule has 4 heteroatoms. The average molecular weight is 251 g/mol.